The maximum atomic E-state index is 12.3. The average Bonchev–Trinajstić information content (AvgIpc) is 3.69. The van der Waals surface area contributed by atoms with Crippen molar-refractivity contribution < 1.29 is 48.1 Å². The first-order valence-corrected chi connectivity index (χ1v) is 15.2. The van der Waals surface area contributed by atoms with Gasteiger partial charge in [0.05, 0.1) is 7.11 Å². The first kappa shape index (κ1) is 36.3. The fourth-order valence-electron chi connectivity index (χ4n) is 5.42. The molecule has 14 nitrogen and oxygen atoms in total. The molecule has 254 valence electrons. The summed E-state index contributed by atoms with van der Waals surface area (Å²) in [7, 11) is 1.30. The molecule has 0 saturated carbocycles. The van der Waals surface area contributed by atoms with Crippen LogP contribution < -0.4 is 10.6 Å². The molecule has 2 aliphatic rings. The predicted molar refractivity (Wildman–Crippen MR) is 168 cm³/mol. The van der Waals surface area contributed by atoms with E-state index in [4.69, 9.17) is 14.2 Å². The molecule has 2 aromatic rings. The van der Waals surface area contributed by atoms with Crippen molar-refractivity contribution in [3.63, 3.8) is 0 Å². The van der Waals surface area contributed by atoms with Crippen LogP contribution in [0.3, 0.4) is 0 Å². The van der Waals surface area contributed by atoms with Crippen LogP contribution in [0, 0.1) is 0 Å². The van der Waals surface area contributed by atoms with Gasteiger partial charge in [0.25, 0.3) is 0 Å². The number of esters is 1. The molecule has 0 bridgehead atoms. The topological polar surface area (TPSA) is 181 Å². The highest BCUT2D eigenvalue weighted by Crippen LogP contribution is 2.30. The molecule has 0 aliphatic carbocycles. The van der Waals surface area contributed by atoms with Gasteiger partial charge in [0.1, 0.15) is 37.4 Å². The molecule has 0 spiro atoms. The Balaban J connectivity index is 0.000000256. The Hall–Kier alpha value is -5.14. The van der Waals surface area contributed by atoms with Crippen LogP contribution in [0.25, 0.3) is 0 Å². The summed E-state index contributed by atoms with van der Waals surface area (Å²) in [4.78, 5) is 73.7. The van der Waals surface area contributed by atoms with Gasteiger partial charge in [-0.1, -0.05) is 60.7 Å². The number of benzene rings is 2. The second-order valence-corrected chi connectivity index (χ2v) is 11.5. The Morgan fingerprint density at radius 2 is 1.11 bits per heavy atom. The molecule has 0 radical (unpaired) electrons. The second kappa shape index (κ2) is 17.0. The number of carbonyl (C=O) groups is 6. The highest BCUT2D eigenvalue weighted by atomic mass is 16.6. The summed E-state index contributed by atoms with van der Waals surface area (Å²) in [5, 5.41) is 14.1. The lowest BCUT2D eigenvalue weighted by Crippen LogP contribution is -2.53. The molecule has 47 heavy (non-hydrogen) atoms. The maximum Gasteiger partial charge on any atom is 0.407 e. The third-order valence-corrected chi connectivity index (χ3v) is 8.16. The Labute approximate surface area is 273 Å². The first-order chi connectivity index (χ1) is 22.4. The number of aliphatic carboxylic acids is 1. The van der Waals surface area contributed by atoms with E-state index < -0.39 is 41.1 Å². The predicted octanol–water partition coefficient (Wildman–Crippen LogP) is 2.85. The van der Waals surface area contributed by atoms with Crippen molar-refractivity contribution in [1.29, 1.82) is 0 Å². The average molecular weight is 655 g/mol. The van der Waals surface area contributed by atoms with Gasteiger partial charge in [-0.15, -0.1) is 0 Å². The number of carboxylic acid groups (broad SMARTS) is 1. The first-order valence-electron chi connectivity index (χ1n) is 15.2. The number of likely N-dealkylation sites (tertiary alicyclic amines) is 2. The zero-order valence-electron chi connectivity index (χ0n) is 26.9. The summed E-state index contributed by atoms with van der Waals surface area (Å²) in [6.45, 7) is 3.78. The van der Waals surface area contributed by atoms with E-state index in [1.54, 1.807) is 6.92 Å². The van der Waals surface area contributed by atoms with Crippen LogP contribution in [0.2, 0.25) is 0 Å². The zero-order valence-corrected chi connectivity index (χ0v) is 26.9. The molecule has 2 aromatic carbocycles. The van der Waals surface area contributed by atoms with Gasteiger partial charge in [0.15, 0.2) is 0 Å². The minimum Gasteiger partial charge on any atom is -0.480 e. The molecule has 0 unspecified atom stereocenters. The van der Waals surface area contributed by atoms with Crippen LogP contribution in [0.5, 0.6) is 0 Å². The molecule has 2 fully saturated rings. The number of hydrogen-bond donors (Lipinski definition) is 3. The Kier molecular flexibility index (Phi) is 13.1. The summed E-state index contributed by atoms with van der Waals surface area (Å²) in [5.74, 6) is -2.24. The number of nitrogens with one attached hydrogen (secondary N) is 2. The number of hydrogen-bond acceptors (Lipinski definition) is 9. The molecule has 2 heterocycles. The van der Waals surface area contributed by atoms with Gasteiger partial charge in [-0.25, -0.2) is 19.2 Å². The number of rotatable bonds is 10. The third-order valence-electron chi connectivity index (χ3n) is 8.16. The molecule has 14 heteroatoms. The van der Waals surface area contributed by atoms with E-state index in [0.29, 0.717) is 32.4 Å². The molecular formula is C33H42N4O10. The van der Waals surface area contributed by atoms with Gasteiger partial charge < -0.3 is 39.8 Å². The SMILES string of the molecule is COC(=O)[C@]1(C)CCCN1C(=O)CNC(=O)OCc1ccccc1.C[C@@]1(C(=O)O)CCCN1C(=O)CNC(=O)OCc1ccccc1. The Morgan fingerprint density at radius 3 is 1.51 bits per heavy atom. The van der Waals surface area contributed by atoms with Crippen molar-refractivity contribution >= 4 is 35.9 Å². The van der Waals surface area contributed by atoms with Crippen LogP contribution >= 0.6 is 0 Å². The summed E-state index contributed by atoms with van der Waals surface area (Å²) in [6.07, 6.45) is 0.920. The quantitative estimate of drug-likeness (QED) is 0.255. The summed E-state index contributed by atoms with van der Waals surface area (Å²) < 4.78 is 14.8. The highest BCUT2D eigenvalue weighted by molar-refractivity contribution is 5.91. The fraction of sp³-hybridized carbons (Fsp3) is 0.455. The van der Waals surface area contributed by atoms with Crippen molar-refractivity contribution in [2.75, 3.05) is 33.3 Å². The van der Waals surface area contributed by atoms with E-state index in [0.717, 1.165) is 17.5 Å². The smallest absolute Gasteiger partial charge is 0.407 e. The summed E-state index contributed by atoms with van der Waals surface area (Å²) in [6, 6.07) is 18.4. The Morgan fingerprint density at radius 1 is 0.702 bits per heavy atom. The minimum absolute atomic E-state index is 0.109. The fourth-order valence-corrected chi connectivity index (χ4v) is 5.42. The molecule has 2 saturated heterocycles. The van der Waals surface area contributed by atoms with Gasteiger partial charge in [0.2, 0.25) is 11.8 Å². The number of alkyl carbamates (subject to hydrolysis) is 2. The number of ether oxygens (including phenoxy) is 3. The number of methoxy groups -OCH3 is 1. The molecule has 2 aliphatic heterocycles. The van der Waals surface area contributed by atoms with Crippen LogP contribution in [0.1, 0.15) is 50.7 Å². The number of nitrogens with zero attached hydrogens (tertiary/aromatic N) is 2. The largest absolute Gasteiger partial charge is 0.480 e. The van der Waals surface area contributed by atoms with Crippen LogP contribution in [0.15, 0.2) is 60.7 Å². The van der Waals surface area contributed by atoms with E-state index in [9.17, 15) is 33.9 Å². The molecule has 4 amide bonds. The van der Waals surface area contributed by atoms with Gasteiger partial charge in [-0.3, -0.25) is 9.59 Å². The highest BCUT2D eigenvalue weighted by Gasteiger charge is 2.47. The van der Waals surface area contributed by atoms with Crippen molar-refractivity contribution in [1.82, 2.24) is 20.4 Å². The lowest BCUT2D eigenvalue weighted by atomic mass is 9.99. The lowest BCUT2D eigenvalue weighted by molar-refractivity contribution is -0.157. The minimum atomic E-state index is -1.20. The molecule has 4 rings (SSSR count). The van der Waals surface area contributed by atoms with Crippen LogP contribution in [0.4, 0.5) is 9.59 Å². The van der Waals surface area contributed by atoms with Gasteiger partial charge >= 0.3 is 24.1 Å². The second-order valence-electron chi connectivity index (χ2n) is 11.5. The normalized spacial score (nSPS) is 19.9. The lowest BCUT2D eigenvalue weighted by Gasteiger charge is -2.32. The number of amides is 4. The zero-order chi connectivity index (χ0) is 34.5. The van der Waals surface area contributed by atoms with E-state index >= 15 is 0 Å². The summed E-state index contributed by atoms with van der Waals surface area (Å²) in [5.41, 5.74) is -0.475. The van der Waals surface area contributed by atoms with E-state index in [-0.39, 0.29) is 32.2 Å². The molecule has 3 N–H and O–H groups in total. The van der Waals surface area contributed by atoms with Gasteiger partial charge in [-0.2, -0.15) is 0 Å². The van der Waals surface area contributed by atoms with E-state index in [1.165, 1.54) is 23.8 Å². The Bertz CT molecular complexity index is 1410. The number of carboxylic acids is 1. The molecule has 2 atom stereocenters. The van der Waals surface area contributed by atoms with Crippen molar-refractivity contribution in [3.8, 4) is 0 Å². The standard InChI is InChI=1S/C17H22N2O5.C16H20N2O5/c1-17(15(21)23-2)9-6-10-19(17)14(20)11-18-16(22)24-12-13-7-4-3-5-8-13;1-16(14(20)21)8-5-9-18(16)13(19)10-17-15(22)23-11-12-6-3-2-4-7-12/h3-5,7-8H,6,9-12H2,1-2H3,(H,18,22);2-4,6-7H,5,8-11H2,1H3,(H,17,22)(H,20,21)/t17-;16-/m00/s1. The third kappa shape index (κ3) is 9.92. The molecule has 0 aromatic heterocycles. The van der Waals surface area contributed by atoms with Gasteiger partial charge in [-0.05, 0) is 50.7 Å². The number of carbonyl (C=O) groups excluding carboxylic acids is 5. The summed E-state index contributed by atoms with van der Waals surface area (Å²) >= 11 is 0. The van der Waals surface area contributed by atoms with Crippen LogP contribution in [-0.4, -0.2) is 95.2 Å². The van der Waals surface area contributed by atoms with Crippen molar-refractivity contribution in [3.05, 3.63) is 71.8 Å². The van der Waals surface area contributed by atoms with Crippen molar-refractivity contribution in [2.24, 2.45) is 0 Å². The van der Waals surface area contributed by atoms with Gasteiger partial charge in [0, 0.05) is 13.1 Å². The maximum absolute atomic E-state index is 12.3. The van der Waals surface area contributed by atoms with E-state index in [1.807, 2.05) is 60.7 Å². The molecular weight excluding hydrogens is 612 g/mol. The van der Waals surface area contributed by atoms with E-state index in [2.05, 4.69) is 10.6 Å². The van der Waals surface area contributed by atoms with Crippen LogP contribution in [-0.2, 0) is 46.6 Å². The monoisotopic (exact) mass is 654 g/mol. The van der Waals surface area contributed by atoms with Crippen molar-refractivity contribution in [2.45, 2.75) is 63.8 Å².